The van der Waals surface area contributed by atoms with Crippen LogP contribution < -0.4 is 5.73 Å². The number of anilines is 1. The van der Waals surface area contributed by atoms with E-state index in [0.717, 1.165) is 43.1 Å². The number of aromatic nitrogens is 2. The van der Waals surface area contributed by atoms with Crippen LogP contribution in [0.3, 0.4) is 0 Å². The van der Waals surface area contributed by atoms with Gasteiger partial charge in [0.25, 0.3) is 0 Å². The fourth-order valence-corrected chi connectivity index (χ4v) is 4.66. The second kappa shape index (κ2) is 7.52. The van der Waals surface area contributed by atoms with Gasteiger partial charge in [0, 0.05) is 19.1 Å². The van der Waals surface area contributed by atoms with Gasteiger partial charge >= 0.3 is 6.09 Å². The van der Waals surface area contributed by atoms with Gasteiger partial charge in [0.1, 0.15) is 5.60 Å². The third-order valence-electron chi connectivity index (χ3n) is 6.10. The fourth-order valence-electron chi connectivity index (χ4n) is 4.66. The lowest BCUT2D eigenvalue weighted by molar-refractivity contribution is 0.0205. The Labute approximate surface area is 171 Å². The molecule has 2 aliphatic rings. The summed E-state index contributed by atoms with van der Waals surface area (Å²) >= 11 is 0. The van der Waals surface area contributed by atoms with Crippen LogP contribution in [0.15, 0.2) is 18.2 Å². The van der Waals surface area contributed by atoms with E-state index in [-0.39, 0.29) is 18.2 Å². The number of ether oxygens (including phenoxy) is 1. The number of hydrogen-bond acceptors (Lipinski definition) is 5. The number of carbonyl (C=O) groups excluding carboxylic acids is 1. The minimum absolute atomic E-state index is 0.208. The predicted molar refractivity (Wildman–Crippen MR) is 113 cm³/mol. The van der Waals surface area contributed by atoms with E-state index in [9.17, 15) is 9.90 Å². The van der Waals surface area contributed by atoms with Gasteiger partial charge in [-0.3, -0.25) is 0 Å². The minimum atomic E-state index is -0.467. The summed E-state index contributed by atoms with van der Waals surface area (Å²) in [6.07, 6.45) is 3.82. The molecule has 1 aliphatic heterocycles. The molecule has 1 aromatic heterocycles. The lowest BCUT2D eigenvalue weighted by atomic mass is 9.89. The van der Waals surface area contributed by atoms with Gasteiger partial charge in [-0.05, 0) is 76.5 Å². The molecule has 0 spiro atoms. The highest BCUT2D eigenvalue weighted by atomic mass is 16.6. The second-order valence-corrected chi connectivity index (χ2v) is 9.45. The number of imidazole rings is 1. The largest absolute Gasteiger partial charge is 0.444 e. The number of amides is 1. The van der Waals surface area contributed by atoms with Crippen LogP contribution in [0.5, 0.6) is 0 Å². The maximum Gasteiger partial charge on any atom is 0.410 e. The van der Waals surface area contributed by atoms with Crippen LogP contribution in [0.25, 0.3) is 11.0 Å². The number of aliphatic hydroxyl groups is 1. The number of fused-ring (bicyclic) bond motifs is 1. The van der Waals surface area contributed by atoms with E-state index in [1.54, 1.807) is 0 Å². The van der Waals surface area contributed by atoms with E-state index in [0.29, 0.717) is 25.0 Å². The van der Waals surface area contributed by atoms with Crippen LogP contribution in [-0.4, -0.2) is 50.4 Å². The fraction of sp³-hybridized carbons (Fsp3) is 0.636. The molecule has 2 aromatic rings. The van der Waals surface area contributed by atoms with E-state index >= 15 is 0 Å². The Morgan fingerprint density at radius 3 is 2.55 bits per heavy atom. The standard InChI is InChI=1S/C22H32N4O3/c1-22(2,3)29-21(28)25-10-8-14(9-11-25)15-4-7-18-19(12-15)26(20(23)24-18)16-5-6-17(27)13-16/h4,7,12,14,16-17,27H,5-6,8-11,13H2,1-3H3,(H2,23,24)/t16-,17+/m0/s1. The maximum absolute atomic E-state index is 12.3. The van der Waals surface area contributed by atoms with E-state index in [2.05, 4.69) is 21.7 Å². The van der Waals surface area contributed by atoms with Crippen LogP contribution in [0.2, 0.25) is 0 Å². The molecule has 1 aromatic carbocycles. The Balaban J connectivity index is 1.50. The molecule has 7 nitrogen and oxygen atoms in total. The lowest BCUT2D eigenvalue weighted by Crippen LogP contribution is -2.41. The summed E-state index contributed by atoms with van der Waals surface area (Å²) < 4.78 is 7.60. The Morgan fingerprint density at radius 1 is 1.21 bits per heavy atom. The molecule has 4 rings (SSSR count). The molecule has 1 saturated heterocycles. The van der Waals surface area contributed by atoms with Gasteiger partial charge in [-0.2, -0.15) is 0 Å². The second-order valence-electron chi connectivity index (χ2n) is 9.45. The van der Waals surface area contributed by atoms with Crippen molar-refractivity contribution in [3.05, 3.63) is 23.8 Å². The van der Waals surface area contributed by atoms with Gasteiger partial charge in [-0.25, -0.2) is 9.78 Å². The highest BCUT2D eigenvalue weighted by Crippen LogP contribution is 2.37. The van der Waals surface area contributed by atoms with Crippen molar-refractivity contribution in [1.29, 1.82) is 0 Å². The van der Waals surface area contributed by atoms with E-state index in [1.807, 2.05) is 31.7 Å². The molecule has 3 N–H and O–H groups in total. The molecule has 29 heavy (non-hydrogen) atoms. The number of carbonyl (C=O) groups is 1. The van der Waals surface area contributed by atoms with E-state index in [1.165, 1.54) is 5.56 Å². The molecule has 0 radical (unpaired) electrons. The summed E-state index contributed by atoms with van der Waals surface area (Å²) in [6.45, 7) is 7.09. The summed E-state index contributed by atoms with van der Waals surface area (Å²) in [6, 6.07) is 6.59. The Bertz CT molecular complexity index is 893. The number of benzene rings is 1. The third-order valence-corrected chi connectivity index (χ3v) is 6.10. The predicted octanol–water partition coefficient (Wildman–Crippen LogP) is 3.82. The first-order valence-corrected chi connectivity index (χ1v) is 10.6. The molecule has 1 aliphatic carbocycles. The molecule has 0 bridgehead atoms. The number of nitrogens with two attached hydrogens (primary N) is 1. The molecule has 2 fully saturated rings. The average molecular weight is 401 g/mol. The number of piperidine rings is 1. The molecule has 0 unspecified atom stereocenters. The number of rotatable bonds is 2. The zero-order valence-corrected chi connectivity index (χ0v) is 17.6. The van der Waals surface area contributed by atoms with Crippen molar-refractivity contribution >= 4 is 23.1 Å². The molecule has 2 heterocycles. The molecule has 1 amide bonds. The van der Waals surface area contributed by atoms with Crippen molar-refractivity contribution in [3.8, 4) is 0 Å². The Kier molecular flexibility index (Phi) is 5.19. The van der Waals surface area contributed by atoms with Crippen LogP contribution in [0.4, 0.5) is 10.7 Å². The first-order chi connectivity index (χ1) is 13.7. The summed E-state index contributed by atoms with van der Waals surface area (Å²) in [7, 11) is 0. The van der Waals surface area contributed by atoms with Crippen molar-refractivity contribution in [2.24, 2.45) is 0 Å². The minimum Gasteiger partial charge on any atom is -0.444 e. The summed E-state index contributed by atoms with van der Waals surface area (Å²) in [4.78, 5) is 18.6. The van der Waals surface area contributed by atoms with E-state index in [4.69, 9.17) is 10.5 Å². The van der Waals surface area contributed by atoms with Gasteiger partial charge in [-0.1, -0.05) is 6.07 Å². The average Bonchev–Trinajstić information content (AvgIpc) is 3.21. The molecular formula is C22H32N4O3. The van der Waals surface area contributed by atoms with Crippen LogP contribution >= 0.6 is 0 Å². The first kappa shape index (κ1) is 20.0. The monoisotopic (exact) mass is 400 g/mol. The molecule has 2 atom stereocenters. The topological polar surface area (TPSA) is 93.6 Å². The number of likely N-dealkylation sites (tertiary alicyclic amines) is 1. The van der Waals surface area contributed by atoms with Gasteiger partial charge < -0.3 is 25.0 Å². The van der Waals surface area contributed by atoms with Gasteiger partial charge in [0.05, 0.1) is 17.1 Å². The van der Waals surface area contributed by atoms with Crippen molar-refractivity contribution in [3.63, 3.8) is 0 Å². The van der Waals surface area contributed by atoms with Crippen molar-refractivity contribution in [1.82, 2.24) is 14.5 Å². The molecule has 158 valence electrons. The van der Waals surface area contributed by atoms with Gasteiger partial charge in [-0.15, -0.1) is 0 Å². The summed E-state index contributed by atoms with van der Waals surface area (Å²) in [5, 5.41) is 9.94. The highest BCUT2D eigenvalue weighted by molar-refractivity contribution is 5.79. The van der Waals surface area contributed by atoms with Crippen molar-refractivity contribution in [2.75, 3.05) is 18.8 Å². The van der Waals surface area contributed by atoms with Crippen molar-refractivity contribution < 1.29 is 14.6 Å². The summed E-state index contributed by atoms with van der Waals surface area (Å²) in [5.41, 5.74) is 8.97. The number of nitrogen functional groups attached to an aromatic ring is 1. The van der Waals surface area contributed by atoms with Crippen LogP contribution in [0.1, 0.15) is 70.4 Å². The molecular weight excluding hydrogens is 368 g/mol. The normalized spacial score (nSPS) is 23.7. The van der Waals surface area contributed by atoms with Crippen LogP contribution in [-0.2, 0) is 4.74 Å². The number of hydrogen-bond donors (Lipinski definition) is 2. The van der Waals surface area contributed by atoms with Crippen molar-refractivity contribution in [2.45, 2.75) is 76.5 Å². The lowest BCUT2D eigenvalue weighted by Gasteiger charge is -2.33. The highest BCUT2D eigenvalue weighted by Gasteiger charge is 2.29. The molecule has 1 saturated carbocycles. The van der Waals surface area contributed by atoms with E-state index < -0.39 is 5.60 Å². The Hall–Kier alpha value is -2.28. The van der Waals surface area contributed by atoms with Gasteiger partial charge in [0.15, 0.2) is 0 Å². The molecule has 7 heteroatoms. The smallest absolute Gasteiger partial charge is 0.410 e. The SMILES string of the molecule is CC(C)(C)OC(=O)N1CCC(c2ccc3nc(N)n([C@H]4CC[C@@H](O)C4)c3c2)CC1. The maximum atomic E-state index is 12.3. The Morgan fingerprint density at radius 2 is 1.93 bits per heavy atom. The van der Waals surface area contributed by atoms with Gasteiger partial charge in [0.2, 0.25) is 5.95 Å². The quantitative estimate of drug-likeness (QED) is 0.799. The van der Waals surface area contributed by atoms with Crippen LogP contribution in [0, 0.1) is 0 Å². The summed E-state index contributed by atoms with van der Waals surface area (Å²) in [5.74, 6) is 0.924. The third kappa shape index (κ3) is 4.20. The zero-order chi connectivity index (χ0) is 20.8. The zero-order valence-electron chi connectivity index (χ0n) is 17.6. The first-order valence-electron chi connectivity index (χ1n) is 10.6. The number of nitrogens with zero attached hydrogens (tertiary/aromatic N) is 3. The number of aliphatic hydroxyl groups excluding tert-OH is 1.